The molecule has 1 spiro atoms. The normalized spacial score (nSPS) is 28.0. The molecule has 2 aliphatic heterocycles. The summed E-state index contributed by atoms with van der Waals surface area (Å²) in [4.78, 5) is 17.5. The van der Waals surface area contributed by atoms with E-state index in [0.717, 1.165) is 37.3 Å². The Kier molecular flexibility index (Phi) is 5.82. The van der Waals surface area contributed by atoms with Gasteiger partial charge in [-0.15, -0.1) is 0 Å². The molecule has 4 rings (SSSR count). The highest BCUT2D eigenvalue weighted by atomic mass is 19.1. The van der Waals surface area contributed by atoms with Gasteiger partial charge in [0.2, 0.25) is 5.91 Å². The van der Waals surface area contributed by atoms with Gasteiger partial charge in [-0.2, -0.15) is 0 Å². The van der Waals surface area contributed by atoms with E-state index in [1.807, 2.05) is 12.1 Å². The van der Waals surface area contributed by atoms with Gasteiger partial charge in [0.15, 0.2) is 0 Å². The van der Waals surface area contributed by atoms with Crippen LogP contribution in [0.2, 0.25) is 0 Å². The predicted molar refractivity (Wildman–Crippen MR) is 106 cm³/mol. The Morgan fingerprint density at radius 1 is 0.963 bits per heavy atom. The molecule has 27 heavy (non-hydrogen) atoms. The molecule has 1 aromatic carbocycles. The van der Waals surface area contributed by atoms with Crippen LogP contribution in [0, 0.1) is 11.7 Å². The van der Waals surface area contributed by atoms with Crippen LogP contribution in [0.1, 0.15) is 69.8 Å². The van der Waals surface area contributed by atoms with Gasteiger partial charge < -0.3 is 9.80 Å². The number of likely N-dealkylation sites (tertiary alicyclic amines) is 2. The van der Waals surface area contributed by atoms with E-state index < -0.39 is 0 Å². The molecule has 4 heteroatoms. The number of hydrogen-bond donors (Lipinski definition) is 0. The molecule has 3 fully saturated rings. The zero-order valence-electron chi connectivity index (χ0n) is 16.5. The van der Waals surface area contributed by atoms with E-state index in [2.05, 4.69) is 9.80 Å². The minimum Gasteiger partial charge on any atom is -0.333 e. The van der Waals surface area contributed by atoms with Crippen LogP contribution in [-0.4, -0.2) is 40.9 Å². The van der Waals surface area contributed by atoms with Crippen LogP contribution in [0.3, 0.4) is 0 Å². The van der Waals surface area contributed by atoms with Gasteiger partial charge in [-0.3, -0.25) is 4.79 Å². The maximum Gasteiger partial charge on any atom is 0.223 e. The number of hydrogen-bond acceptors (Lipinski definition) is 2. The van der Waals surface area contributed by atoms with Crippen LogP contribution < -0.4 is 0 Å². The average molecular weight is 373 g/mol. The minimum absolute atomic E-state index is 0.0206. The fourth-order valence-electron chi connectivity index (χ4n) is 5.57. The molecule has 1 saturated carbocycles. The van der Waals surface area contributed by atoms with Crippen molar-refractivity contribution in [2.24, 2.45) is 5.92 Å². The summed E-state index contributed by atoms with van der Waals surface area (Å²) in [5.74, 6) is 0.947. The molecular weight excluding hydrogens is 339 g/mol. The molecule has 3 aliphatic rings. The summed E-state index contributed by atoms with van der Waals surface area (Å²) in [5, 5.41) is 0. The van der Waals surface area contributed by atoms with Crippen molar-refractivity contribution in [3.8, 4) is 0 Å². The van der Waals surface area contributed by atoms with Gasteiger partial charge >= 0.3 is 0 Å². The third-order valence-electron chi connectivity index (χ3n) is 7.18. The zero-order valence-corrected chi connectivity index (χ0v) is 16.5. The van der Waals surface area contributed by atoms with Crippen LogP contribution in [0.4, 0.5) is 4.39 Å². The summed E-state index contributed by atoms with van der Waals surface area (Å²) in [6.45, 7) is 4.17. The number of amides is 1. The van der Waals surface area contributed by atoms with Crippen molar-refractivity contribution in [2.45, 2.75) is 76.3 Å². The Morgan fingerprint density at radius 2 is 1.74 bits per heavy atom. The molecule has 2 saturated heterocycles. The highest BCUT2D eigenvalue weighted by molar-refractivity contribution is 5.79. The summed E-state index contributed by atoms with van der Waals surface area (Å²) in [6, 6.07) is 6.64. The first kappa shape index (κ1) is 18.9. The Hall–Kier alpha value is -1.42. The number of carbonyl (C=O) groups excluding carboxylic acids is 1. The molecule has 2 heterocycles. The lowest BCUT2D eigenvalue weighted by atomic mass is 9.87. The molecule has 0 unspecified atom stereocenters. The second-order valence-electron chi connectivity index (χ2n) is 8.99. The first-order chi connectivity index (χ1) is 13.1. The van der Waals surface area contributed by atoms with Gasteiger partial charge in [0.25, 0.3) is 0 Å². The molecule has 3 nitrogen and oxygen atoms in total. The monoisotopic (exact) mass is 372 g/mol. The van der Waals surface area contributed by atoms with E-state index in [4.69, 9.17) is 0 Å². The summed E-state index contributed by atoms with van der Waals surface area (Å²) in [6.07, 6.45) is 12.1. The maximum atomic E-state index is 13.2. The number of rotatable bonds is 4. The van der Waals surface area contributed by atoms with Gasteiger partial charge in [-0.25, -0.2) is 4.39 Å². The SMILES string of the molecule is O=C1CC[C@@]2(CCCN(CC3CCCCC3)CC2)N1Cc1ccc(F)cc1. The molecule has 0 aromatic heterocycles. The quantitative estimate of drug-likeness (QED) is 0.761. The number of nitrogens with zero attached hydrogens (tertiary/aromatic N) is 2. The average Bonchev–Trinajstić information content (AvgIpc) is 2.85. The van der Waals surface area contributed by atoms with Gasteiger partial charge in [-0.1, -0.05) is 31.4 Å². The van der Waals surface area contributed by atoms with Crippen molar-refractivity contribution in [2.75, 3.05) is 19.6 Å². The van der Waals surface area contributed by atoms with Crippen molar-refractivity contribution in [1.29, 1.82) is 0 Å². The van der Waals surface area contributed by atoms with Crippen LogP contribution in [-0.2, 0) is 11.3 Å². The third-order valence-corrected chi connectivity index (χ3v) is 7.18. The summed E-state index contributed by atoms with van der Waals surface area (Å²) < 4.78 is 13.2. The molecule has 0 radical (unpaired) electrons. The van der Waals surface area contributed by atoms with Crippen molar-refractivity contribution in [3.63, 3.8) is 0 Å². The van der Waals surface area contributed by atoms with Gasteiger partial charge in [0.1, 0.15) is 5.82 Å². The number of halogens is 1. The lowest BCUT2D eigenvalue weighted by Gasteiger charge is -2.38. The topological polar surface area (TPSA) is 23.6 Å². The van der Waals surface area contributed by atoms with Crippen molar-refractivity contribution < 1.29 is 9.18 Å². The second-order valence-corrected chi connectivity index (χ2v) is 8.99. The van der Waals surface area contributed by atoms with E-state index in [-0.39, 0.29) is 17.3 Å². The molecule has 0 N–H and O–H groups in total. The summed E-state index contributed by atoms with van der Waals surface area (Å²) in [7, 11) is 0. The molecule has 1 atom stereocenters. The van der Waals surface area contributed by atoms with Gasteiger partial charge in [0.05, 0.1) is 0 Å². The molecular formula is C23H33FN2O. The summed E-state index contributed by atoms with van der Waals surface area (Å²) >= 11 is 0. The fraction of sp³-hybridized carbons (Fsp3) is 0.696. The van der Waals surface area contributed by atoms with E-state index >= 15 is 0 Å². The van der Waals surface area contributed by atoms with Gasteiger partial charge in [-0.05, 0) is 68.7 Å². The first-order valence-corrected chi connectivity index (χ1v) is 10.9. The Morgan fingerprint density at radius 3 is 2.52 bits per heavy atom. The lowest BCUT2D eigenvalue weighted by molar-refractivity contribution is -0.132. The van der Waals surface area contributed by atoms with Crippen LogP contribution in [0.25, 0.3) is 0 Å². The van der Waals surface area contributed by atoms with Gasteiger partial charge in [0, 0.05) is 31.6 Å². The largest absolute Gasteiger partial charge is 0.333 e. The summed E-state index contributed by atoms with van der Waals surface area (Å²) in [5.41, 5.74) is 1.06. The van der Waals surface area contributed by atoms with E-state index in [1.54, 1.807) is 0 Å². The molecule has 148 valence electrons. The van der Waals surface area contributed by atoms with Crippen LogP contribution in [0.5, 0.6) is 0 Å². The number of carbonyl (C=O) groups is 1. The molecule has 1 aromatic rings. The molecule has 0 bridgehead atoms. The van der Waals surface area contributed by atoms with Crippen molar-refractivity contribution in [3.05, 3.63) is 35.6 Å². The van der Waals surface area contributed by atoms with Crippen LogP contribution in [0.15, 0.2) is 24.3 Å². The minimum atomic E-state index is -0.214. The van der Waals surface area contributed by atoms with Crippen molar-refractivity contribution >= 4 is 5.91 Å². The lowest BCUT2D eigenvalue weighted by Crippen LogP contribution is -2.46. The maximum absolute atomic E-state index is 13.2. The second kappa shape index (κ2) is 8.30. The first-order valence-electron chi connectivity index (χ1n) is 10.9. The van der Waals surface area contributed by atoms with Crippen LogP contribution >= 0.6 is 0 Å². The highest BCUT2D eigenvalue weighted by Crippen LogP contribution is 2.40. The third kappa shape index (κ3) is 4.37. The predicted octanol–water partition coefficient (Wildman–Crippen LogP) is 4.75. The smallest absolute Gasteiger partial charge is 0.223 e. The Balaban J connectivity index is 1.41. The number of benzene rings is 1. The van der Waals surface area contributed by atoms with Crippen molar-refractivity contribution in [1.82, 2.24) is 9.80 Å². The standard InChI is InChI=1S/C23H33FN2O/c24-21-9-7-20(8-10-21)18-26-22(27)11-13-23(26)12-4-15-25(16-14-23)17-19-5-2-1-3-6-19/h7-10,19H,1-6,11-18H2/t23-/m1/s1. The van der Waals surface area contributed by atoms with E-state index in [0.29, 0.717) is 13.0 Å². The Bertz CT molecular complexity index is 640. The molecule has 1 aliphatic carbocycles. The zero-order chi connectivity index (χ0) is 18.7. The highest BCUT2D eigenvalue weighted by Gasteiger charge is 2.45. The molecule has 1 amide bonds. The Labute approximate surface area is 162 Å². The van der Waals surface area contributed by atoms with E-state index in [1.165, 1.54) is 63.7 Å². The van der Waals surface area contributed by atoms with E-state index in [9.17, 15) is 9.18 Å². The fourth-order valence-corrected chi connectivity index (χ4v) is 5.57.